The lowest BCUT2D eigenvalue weighted by atomic mass is 9.93. The number of aryl methyl sites for hydroxylation is 2. The summed E-state index contributed by atoms with van der Waals surface area (Å²) in [7, 11) is 2.07. The number of rotatable bonds is 1. The number of hydrogen-bond acceptors (Lipinski definition) is 4. The number of hydrogen-bond donors (Lipinski definition) is 0. The molecule has 0 saturated carbocycles. The summed E-state index contributed by atoms with van der Waals surface area (Å²) in [5, 5.41) is 4.04. The monoisotopic (exact) mass is 576 g/mol. The first-order valence-corrected chi connectivity index (χ1v) is 14.4. The zero-order valence-electron chi connectivity index (χ0n) is 22.2. The molecule has 0 saturated heterocycles. The Hall–Kier alpha value is -4.26. The van der Waals surface area contributed by atoms with Crippen molar-refractivity contribution < 1.29 is 9.47 Å². The first-order valence-electron chi connectivity index (χ1n) is 13.6. The minimum absolute atomic E-state index is 0.371. The van der Waals surface area contributed by atoms with Crippen LogP contribution < -0.4 is 4.74 Å². The number of nitrogens with zero attached hydrogens (tertiary/aromatic N) is 4. The largest absolute Gasteiger partial charge is 0.475 e. The van der Waals surface area contributed by atoms with Gasteiger partial charge in [0.15, 0.2) is 23.7 Å². The van der Waals surface area contributed by atoms with Crippen molar-refractivity contribution in [2.45, 2.75) is 25.7 Å². The molecule has 6 nitrogen and oxygen atoms in total. The highest BCUT2D eigenvalue weighted by molar-refractivity contribution is 6.48. The highest BCUT2D eigenvalue weighted by Gasteiger charge is 2.44. The summed E-state index contributed by atoms with van der Waals surface area (Å²) in [5.74, 6) is 1.14. The maximum absolute atomic E-state index is 7.09. The van der Waals surface area contributed by atoms with E-state index in [1.165, 1.54) is 0 Å². The van der Waals surface area contributed by atoms with Crippen molar-refractivity contribution in [2.75, 3.05) is 0 Å². The SMILES string of the molecule is CCn1c2ccccc2c2c3c(ccc21)N=C1C(Cl)=C2OC4C(=NC2=C(Cl)C1O3)C=Cc1c4c2ccccc2n1C. The summed E-state index contributed by atoms with van der Waals surface area (Å²) in [6.45, 7) is 2.98. The van der Waals surface area contributed by atoms with Gasteiger partial charge in [-0.15, -0.1) is 0 Å². The lowest BCUT2D eigenvalue weighted by Crippen LogP contribution is -2.37. The topological polar surface area (TPSA) is 53.0 Å². The van der Waals surface area contributed by atoms with Gasteiger partial charge < -0.3 is 18.6 Å². The normalized spacial score (nSPS) is 20.7. The highest BCUT2D eigenvalue weighted by atomic mass is 35.5. The highest BCUT2D eigenvalue weighted by Crippen LogP contribution is 2.51. The predicted octanol–water partition coefficient (Wildman–Crippen LogP) is 8.29. The molecule has 3 aromatic carbocycles. The summed E-state index contributed by atoms with van der Waals surface area (Å²) in [5.41, 5.74) is 8.05. The number of fused-ring (bicyclic) bond motifs is 12. The Balaban J connectivity index is 1.24. The molecule has 0 bridgehead atoms. The number of aliphatic imine (C=N–C) groups is 2. The Kier molecular flexibility index (Phi) is 4.66. The van der Waals surface area contributed by atoms with Gasteiger partial charge in [0, 0.05) is 46.7 Å². The standard InChI is InChI=1S/C33H22Cl2N4O2/c1-3-39-21-11-7-5-9-17(21)25-23(39)15-13-19-31(25)41-33-27(35)28-32(26(34)29(33)37-19)40-30-18(36-28)12-14-22-24(30)16-8-4-6-10-20(16)38(22)2/h4-15,30,33H,3H2,1-2H3. The van der Waals surface area contributed by atoms with Crippen molar-refractivity contribution in [3.05, 3.63) is 99.5 Å². The van der Waals surface area contributed by atoms with Crippen LogP contribution in [0.1, 0.15) is 24.3 Å². The number of ether oxygens (including phenoxy) is 2. The van der Waals surface area contributed by atoms with E-state index < -0.39 is 12.2 Å². The zero-order valence-corrected chi connectivity index (χ0v) is 23.7. The fourth-order valence-corrected chi connectivity index (χ4v) is 7.34. The molecule has 2 aromatic heterocycles. The lowest BCUT2D eigenvalue weighted by Gasteiger charge is -2.35. The van der Waals surface area contributed by atoms with Crippen molar-refractivity contribution in [3.8, 4) is 5.75 Å². The zero-order chi connectivity index (χ0) is 27.6. The molecule has 5 aromatic rings. The maximum atomic E-state index is 7.09. The average Bonchev–Trinajstić information content (AvgIpc) is 3.50. The van der Waals surface area contributed by atoms with Crippen LogP contribution >= 0.6 is 23.2 Å². The molecule has 2 aliphatic heterocycles. The van der Waals surface area contributed by atoms with Gasteiger partial charge >= 0.3 is 0 Å². The molecule has 4 aliphatic rings. The van der Waals surface area contributed by atoms with Crippen LogP contribution in [0.15, 0.2) is 98.2 Å². The molecule has 0 fully saturated rings. The second-order valence-corrected chi connectivity index (χ2v) is 11.4. The summed E-state index contributed by atoms with van der Waals surface area (Å²) >= 11 is 14.2. The van der Waals surface area contributed by atoms with Gasteiger partial charge in [-0.3, -0.25) is 0 Å². The molecule has 9 rings (SSSR count). The van der Waals surface area contributed by atoms with Crippen molar-refractivity contribution in [3.63, 3.8) is 0 Å². The molecule has 8 heteroatoms. The van der Waals surface area contributed by atoms with Crippen LogP contribution in [0, 0.1) is 0 Å². The van der Waals surface area contributed by atoms with E-state index in [1.54, 1.807) is 0 Å². The molecule has 2 unspecified atom stereocenters. The molecule has 200 valence electrons. The van der Waals surface area contributed by atoms with Crippen molar-refractivity contribution in [1.82, 2.24) is 9.13 Å². The van der Waals surface area contributed by atoms with Crippen molar-refractivity contribution in [2.24, 2.45) is 17.0 Å². The van der Waals surface area contributed by atoms with Gasteiger partial charge in [-0.25, -0.2) is 9.98 Å². The molecular formula is C33H22Cl2N4O2. The second-order valence-electron chi connectivity index (χ2n) is 10.6. The van der Waals surface area contributed by atoms with Gasteiger partial charge in [-0.05, 0) is 43.3 Å². The van der Waals surface area contributed by atoms with Crippen LogP contribution in [-0.2, 0) is 18.3 Å². The summed E-state index contributed by atoms with van der Waals surface area (Å²) in [4.78, 5) is 10.0. The number of benzene rings is 3. The Bertz CT molecular complexity index is 2190. The van der Waals surface area contributed by atoms with Crippen LogP contribution in [0.4, 0.5) is 5.69 Å². The van der Waals surface area contributed by atoms with E-state index in [0.717, 1.165) is 56.2 Å². The van der Waals surface area contributed by atoms with Crippen molar-refractivity contribution >= 4 is 79.1 Å². The number of halogens is 2. The van der Waals surface area contributed by atoms with Crippen LogP contribution in [0.25, 0.3) is 38.8 Å². The Morgan fingerprint density at radius 3 is 2.44 bits per heavy atom. The molecule has 2 atom stereocenters. The molecule has 0 radical (unpaired) electrons. The Morgan fingerprint density at radius 1 is 0.829 bits per heavy atom. The van der Waals surface area contributed by atoms with E-state index in [1.807, 2.05) is 30.3 Å². The molecule has 41 heavy (non-hydrogen) atoms. The molecule has 4 heterocycles. The van der Waals surface area contributed by atoms with Crippen LogP contribution in [0.5, 0.6) is 5.75 Å². The predicted molar refractivity (Wildman–Crippen MR) is 166 cm³/mol. The van der Waals surface area contributed by atoms with Crippen LogP contribution in [0.3, 0.4) is 0 Å². The van der Waals surface area contributed by atoms with E-state index in [4.69, 9.17) is 42.7 Å². The summed E-state index contributed by atoms with van der Waals surface area (Å²) in [6, 6.07) is 20.8. The average molecular weight is 577 g/mol. The first kappa shape index (κ1) is 23.4. The second kappa shape index (κ2) is 8.15. The quantitative estimate of drug-likeness (QED) is 0.201. The van der Waals surface area contributed by atoms with Crippen LogP contribution in [-0.4, -0.2) is 26.7 Å². The Morgan fingerprint density at radius 2 is 1.61 bits per heavy atom. The molecule has 0 amide bonds. The van der Waals surface area contributed by atoms with Crippen LogP contribution in [0.2, 0.25) is 0 Å². The fourth-order valence-electron chi connectivity index (χ4n) is 6.79. The maximum Gasteiger partial charge on any atom is 0.180 e. The van der Waals surface area contributed by atoms with E-state index in [2.05, 4.69) is 65.6 Å². The number of para-hydroxylation sites is 2. The number of aromatic nitrogens is 2. The van der Waals surface area contributed by atoms with Gasteiger partial charge in [-0.1, -0.05) is 59.6 Å². The minimum Gasteiger partial charge on any atom is -0.475 e. The Labute approximate surface area is 245 Å². The molecule has 0 N–H and O–H groups in total. The van der Waals surface area contributed by atoms with Gasteiger partial charge in [0.1, 0.15) is 22.1 Å². The van der Waals surface area contributed by atoms with Gasteiger partial charge in [0.25, 0.3) is 0 Å². The lowest BCUT2D eigenvalue weighted by molar-refractivity contribution is 0.169. The van der Waals surface area contributed by atoms with E-state index in [-0.39, 0.29) is 0 Å². The third kappa shape index (κ3) is 2.93. The molecule has 2 aliphatic carbocycles. The smallest absolute Gasteiger partial charge is 0.180 e. The summed E-state index contributed by atoms with van der Waals surface area (Å²) in [6.07, 6.45) is 2.99. The third-order valence-corrected chi connectivity index (χ3v) is 9.36. The van der Waals surface area contributed by atoms with Crippen molar-refractivity contribution in [1.29, 1.82) is 0 Å². The first-order chi connectivity index (χ1) is 20.0. The minimum atomic E-state index is -0.685. The van der Waals surface area contributed by atoms with Gasteiger partial charge in [0.2, 0.25) is 0 Å². The third-order valence-electron chi connectivity index (χ3n) is 8.62. The molecular weight excluding hydrogens is 555 g/mol. The van der Waals surface area contributed by atoms with E-state index in [9.17, 15) is 0 Å². The van der Waals surface area contributed by atoms with E-state index >= 15 is 0 Å². The van der Waals surface area contributed by atoms with Gasteiger partial charge in [-0.2, -0.15) is 0 Å². The fraction of sp³-hybridized carbons (Fsp3) is 0.152. The van der Waals surface area contributed by atoms with Gasteiger partial charge in [0.05, 0.1) is 21.6 Å². The summed E-state index contributed by atoms with van der Waals surface area (Å²) < 4.78 is 17.8. The van der Waals surface area contributed by atoms with E-state index in [0.29, 0.717) is 38.7 Å². The molecule has 0 spiro atoms.